The van der Waals surface area contributed by atoms with Crippen molar-refractivity contribution in [2.45, 2.75) is 13.3 Å². The number of hydrogen-bond acceptors (Lipinski definition) is 2. The molecule has 0 radical (unpaired) electrons. The molecular formula is C7H14ClNO2. The summed E-state index contributed by atoms with van der Waals surface area (Å²) < 4.78 is 5.08. The molecule has 0 aromatic rings. The summed E-state index contributed by atoms with van der Waals surface area (Å²) in [5, 5.41) is 2.67. The highest BCUT2D eigenvalue weighted by Crippen LogP contribution is 1.82. The smallest absolute Gasteiger partial charge is 0.216 e. The fourth-order valence-corrected chi connectivity index (χ4v) is 0.704. The van der Waals surface area contributed by atoms with E-state index in [-0.39, 0.29) is 5.91 Å². The average Bonchev–Trinajstić information content (AvgIpc) is 1.96. The summed E-state index contributed by atoms with van der Waals surface area (Å²) in [5.74, 6) is 0.530. The van der Waals surface area contributed by atoms with Gasteiger partial charge >= 0.3 is 0 Å². The van der Waals surface area contributed by atoms with Crippen LogP contribution in [0.5, 0.6) is 0 Å². The average molecular weight is 180 g/mol. The topological polar surface area (TPSA) is 38.3 Å². The van der Waals surface area contributed by atoms with Gasteiger partial charge in [-0.2, -0.15) is 0 Å². The Balaban J connectivity index is 2.85. The van der Waals surface area contributed by atoms with Gasteiger partial charge in [0.05, 0.1) is 6.61 Å². The van der Waals surface area contributed by atoms with Crippen LogP contribution in [0.1, 0.15) is 13.3 Å². The molecule has 3 nitrogen and oxygen atoms in total. The second-order valence-electron chi connectivity index (χ2n) is 2.14. The third-order valence-electron chi connectivity index (χ3n) is 1.06. The fourth-order valence-electron chi connectivity index (χ4n) is 0.595. The van der Waals surface area contributed by atoms with E-state index in [1.165, 1.54) is 6.92 Å². The monoisotopic (exact) mass is 179 g/mol. The first-order chi connectivity index (χ1) is 5.27. The van der Waals surface area contributed by atoms with Crippen LogP contribution in [0.2, 0.25) is 0 Å². The van der Waals surface area contributed by atoms with Crippen LogP contribution in [0.15, 0.2) is 0 Å². The van der Waals surface area contributed by atoms with E-state index in [0.717, 1.165) is 6.42 Å². The molecule has 0 saturated heterocycles. The minimum Gasteiger partial charge on any atom is -0.380 e. The highest BCUT2D eigenvalue weighted by atomic mass is 35.5. The number of ether oxygens (including phenoxy) is 1. The maximum Gasteiger partial charge on any atom is 0.216 e. The van der Waals surface area contributed by atoms with E-state index in [2.05, 4.69) is 5.32 Å². The largest absolute Gasteiger partial charge is 0.380 e. The van der Waals surface area contributed by atoms with Gasteiger partial charge in [-0.3, -0.25) is 4.79 Å². The van der Waals surface area contributed by atoms with Gasteiger partial charge < -0.3 is 10.1 Å². The number of carbonyl (C=O) groups is 1. The zero-order valence-corrected chi connectivity index (χ0v) is 7.49. The van der Waals surface area contributed by atoms with Crippen LogP contribution < -0.4 is 5.32 Å². The van der Waals surface area contributed by atoms with Gasteiger partial charge in [0, 0.05) is 26.0 Å². The third-order valence-corrected chi connectivity index (χ3v) is 1.22. The number of amides is 1. The molecule has 0 unspecified atom stereocenters. The van der Waals surface area contributed by atoms with Gasteiger partial charge in [0.2, 0.25) is 5.91 Å². The number of carbonyl (C=O) groups excluding carboxylic acids is 1. The first-order valence-corrected chi connectivity index (χ1v) is 4.19. The first kappa shape index (κ1) is 10.7. The number of nitrogens with one attached hydrogen (secondary N) is 1. The van der Waals surface area contributed by atoms with Crippen molar-refractivity contribution in [2.24, 2.45) is 0 Å². The van der Waals surface area contributed by atoms with Gasteiger partial charge in [0.15, 0.2) is 0 Å². The molecule has 4 heteroatoms. The molecule has 0 heterocycles. The fraction of sp³-hybridized carbons (Fsp3) is 0.857. The van der Waals surface area contributed by atoms with Gasteiger partial charge in [-0.25, -0.2) is 0 Å². The predicted molar refractivity (Wildman–Crippen MR) is 44.8 cm³/mol. The van der Waals surface area contributed by atoms with Crippen molar-refractivity contribution in [2.75, 3.05) is 25.6 Å². The minimum atomic E-state index is 0.00217. The van der Waals surface area contributed by atoms with Crippen molar-refractivity contribution in [1.82, 2.24) is 5.32 Å². The lowest BCUT2D eigenvalue weighted by Gasteiger charge is -2.01. The zero-order valence-electron chi connectivity index (χ0n) is 6.73. The van der Waals surface area contributed by atoms with Crippen molar-refractivity contribution < 1.29 is 9.53 Å². The van der Waals surface area contributed by atoms with Crippen LogP contribution in [0.25, 0.3) is 0 Å². The predicted octanol–water partition coefficient (Wildman–Crippen LogP) is 0.768. The molecule has 0 aromatic carbocycles. The summed E-state index contributed by atoms with van der Waals surface area (Å²) in [4.78, 5) is 10.4. The standard InChI is InChI=1S/C7H14ClNO2/c1-7(10)9-4-2-5-11-6-3-8/h2-6H2,1H3,(H,9,10). The lowest BCUT2D eigenvalue weighted by atomic mass is 10.4. The molecule has 0 rings (SSSR count). The summed E-state index contributed by atoms with van der Waals surface area (Å²) in [6.07, 6.45) is 0.844. The van der Waals surface area contributed by atoms with Crippen molar-refractivity contribution >= 4 is 17.5 Å². The lowest BCUT2D eigenvalue weighted by molar-refractivity contribution is -0.118. The van der Waals surface area contributed by atoms with Crippen LogP contribution in [0.3, 0.4) is 0 Å². The minimum absolute atomic E-state index is 0.00217. The Hall–Kier alpha value is -0.280. The maximum absolute atomic E-state index is 10.4. The van der Waals surface area contributed by atoms with E-state index < -0.39 is 0 Å². The highest BCUT2D eigenvalue weighted by molar-refractivity contribution is 6.17. The third kappa shape index (κ3) is 9.72. The summed E-state index contributed by atoms with van der Waals surface area (Å²) in [7, 11) is 0. The Labute approximate surface area is 72.1 Å². The van der Waals surface area contributed by atoms with E-state index in [1.54, 1.807) is 0 Å². The molecule has 0 aliphatic carbocycles. The molecule has 0 aliphatic heterocycles. The van der Waals surface area contributed by atoms with Crippen molar-refractivity contribution in [3.63, 3.8) is 0 Å². The molecule has 1 amide bonds. The number of alkyl halides is 1. The molecule has 0 aliphatic rings. The summed E-state index contributed by atoms with van der Waals surface area (Å²) in [6.45, 7) is 3.42. The van der Waals surface area contributed by atoms with Gasteiger partial charge in [-0.05, 0) is 6.42 Å². The summed E-state index contributed by atoms with van der Waals surface area (Å²) >= 11 is 5.37. The summed E-state index contributed by atoms with van der Waals surface area (Å²) in [5.41, 5.74) is 0. The number of halogens is 1. The molecule has 0 saturated carbocycles. The van der Waals surface area contributed by atoms with E-state index in [0.29, 0.717) is 25.6 Å². The number of rotatable bonds is 6. The van der Waals surface area contributed by atoms with Crippen molar-refractivity contribution in [3.05, 3.63) is 0 Å². The summed E-state index contributed by atoms with van der Waals surface area (Å²) in [6, 6.07) is 0. The van der Waals surface area contributed by atoms with Crippen molar-refractivity contribution in [1.29, 1.82) is 0 Å². The molecule has 0 aromatic heterocycles. The van der Waals surface area contributed by atoms with Crippen LogP contribution >= 0.6 is 11.6 Å². The maximum atomic E-state index is 10.4. The van der Waals surface area contributed by atoms with Gasteiger partial charge in [-0.15, -0.1) is 11.6 Å². The highest BCUT2D eigenvalue weighted by Gasteiger charge is 1.90. The van der Waals surface area contributed by atoms with E-state index >= 15 is 0 Å². The number of hydrogen-bond donors (Lipinski definition) is 1. The van der Waals surface area contributed by atoms with Crippen LogP contribution in [-0.4, -0.2) is 31.5 Å². The van der Waals surface area contributed by atoms with Crippen molar-refractivity contribution in [3.8, 4) is 0 Å². The Bertz CT molecular complexity index is 109. The first-order valence-electron chi connectivity index (χ1n) is 3.65. The Kier molecular flexibility index (Phi) is 7.62. The van der Waals surface area contributed by atoms with E-state index in [9.17, 15) is 4.79 Å². The van der Waals surface area contributed by atoms with E-state index in [4.69, 9.17) is 16.3 Å². The van der Waals surface area contributed by atoms with Crippen LogP contribution in [0, 0.1) is 0 Å². The Morgan fingerprint density at radius 1 is 1.55 bits per heavy atom. The molecule has 0 spiro atoms. The zero-order chi connectivity index (χ0) is 8.53. The van der Waals surface area contributed by atoms with Gasteiger partial charge in [0.1, 0.15) is 0 Å². The second-order valence-corrected chi connectivity index (χ2v) is 2.52. The quantitative estimate of drug-likeness (QED) is 0.483. The Morgan fingerprint density at radius 2 is 2.27 bits per heavy atom. The van der Waals surface area contributed by atoms with Gasteiger partial charge in [-0.1, -0.05) is 0 Å². The van der Waals surface area contributed by atoms with Gasteiger partial charge in [0.25, 0.3) is 0 Å². The molecule has 0 bridgehead atoms. The molecule has 66 valence electrons. The molecule has 0 fully saturated rings. The Morgan fingerprint density at radius 3 is 2.82 bits per heavy atom. The SMILES string of the molecule is CC(=O)NCCCOCCCl. The lowest BCUT2D eigenvalue weighted by Crippen LogP contribution is -2.22. The van der Waals surface area contributed by atoms with Crippen LogP contribution in [0.4, 0.5) is 0 Å². The molecule has 0 atom stereocenters. The van der Waals surface area contributed by atoms with E-state index in [1.807, 2.05) is 0 Å². The second kappa shape index (κ2) is 7.82. The molecule has 11 heavy (non-hydrogen) atoms. The normalized spacial score (nSPS) is 9.64. The molecular weight excluding hydrogens is 166 g/mol. The van der Waals surface area contributed by atoms with Crippen LogP contribution in [-0.2, 0) is 9.53 Å². The molecule has 1 N–H and O–H groups in total.